The number of nitrogens with two attached hydrogens (primary N) is 2. The Morgan fingerprint density at radius 1 is 1.14 bits per heavy atom. The van der Waals surface area contributed by atoms with Gasteiger partial charge in [-0.2, -0.15) is 5.10 Å². The molecule has 8 heteroatoms. The molecule has 4 N–H and O–H groups in total. The van der Waals surface area contributed by atoms with Gasteiger partial charge in [0.1, 0.15) is 0 Å². The van der Waals surface area contributed by atoms with E-state index in [2.05, 4.69) is 10.0 Å². The molecule has 1 saturated heterocycles. The van der Waals surface area contributed by atoms with Gasteiger partial charge >= 0.3 is 0 Å². The molecule has 1 aliphatic heterocycles. The molecule has 0 aliphatic carbocycles. The van der Waals surface area contributed by atoms with Crippen molar-refractivity contribution in [2.75, 3.05) is 42.0 Å². The normalized spacial score (nSPS) is 14.8. The second-order valence-corrected chi connectivity index (χ2v) is 7.42. The highest BCUT2D eigenvalue weighted by Gasteiger charge is 2.15. The van der Waals surface area contributed by atoms with Crippen molar-refractivity contribution in [3.63, 3.8) is 0 Å². The zero-order valence-corrected chi connectivity index (χ0v) is 16.7. The van der Waals surface area contributed by atoms with Crippen LogP contribution in [0.4, 0.5) is 11.4 Å². The van der Waals surface area contributed by atoms with Gasteiger partial charge in [-0.1, -0.05) is 29.5 Å². The van der Waals surface area contributed by atoms with Gasteiger partial charge in [0, 0.05) is 24.3 Å². The monoisotopic (exact) mass is 399 g/mol. The lowest BCUT2D eigenvalue weighted by Crippen LogP contribution is -2.37. The van der Waals surface area contributed by atoms with Crippen LogP contribution in [0.2, 0.25) is 0 Å². The van der Waals surface area contributed by atoms with E-state index in [0.717, 1.165) is 43.2 Å². The lowest BCUT2D eigenvalue weighted by atomic mass is 10.1. The number of amidine groups is 1. The van der Waals surface area contributed by atoms with Crippen molar-refractivity contribution in [3.05, 3.63) is 59.7 Å². The molecule has 0 radical (unpaired) electrons. The maximum atomic E-state index is 12.5. The lowest BCUT2D eigenvalue weighted by Gasteiger charge is -2.28. The van der Waals surface area contributed by atoms with E-state index in [9.17, 15) is 4.79 Å². The summed E-state index contributed by atoms with van der Waals surface area (Å²) in [5, 5.41) is 5.50. The number of morpholine rings is 1. The van der Waals surface area contributed by atoms with Crippen LogP contribution in [0.5, 0.6) is 0 Å². The summed E-state index contributed by atoms with van der Waals surface area (Å²) in [7, 11) is 0. The number of carbonyl (C=O) groups excluding carboxylic acids is 1. The smallest absolute Gasteiger partial charge is 0.201 e. The number of ketones is 1. The predicted molar refractivity (Wildman–Crippen MR) is 116 cm³/mol. The van der Waals surface area contributed by atoms with Crippen LogP contribution >= 0.6 is 11.8 Å². The second-order valence-electron chi connectivity index (χ2n) is 6.48. The van der Waals surface area contributed by atoms with Crippen LogP contribution in [-0.2, 0) is 4.74 Å². The standard InChI is InChI=1S/C20H25N5O2S/c1-15-2-6-18(7-3-15)25(22)20(23-21)28-14-19(26)16-4-8-17(9-5-16)24-10-12-27-13-11-24/h2-9H,10-14,21-22H2,1H3/b23-20+. The third kappa shape index (κ3) is 5.03. The molecule has 0 unspecified atom stereocenters. The number of rotatable bonds is 5. The molecular weight excluding hydrogens is 374 g/mol. The molecule has 1 aliphatic rings. The van der Waals surface area contributed by atoms with Crippen LogP contribution in [0, 0.1) is 6.92 Å². The van der Waals surface area contributed by atoms with Crippen molar-refractivity contribution in [3.8, 4) is 0 Å². The summed E-state index contributed by atoms with van der Waals surface area (Å²) >= 11 is 1.21. The van der Waals surface area contributed by atoms with Crippen LogP contribution < -0.4 is 21.6 Å². The van der Waals surface area contributed by atoms with Gasteiger partial charge in [-0.15, -0.1) is 0 Å². The number of carbonyl (C=O) groups is 1. The number of aryl methyl sites for hydroxylation is 1. The molecule has 0 aromatic heterocycles. The number of anilines is 2. The number of thioether (sulfide) groups is 1. The summed E-state index contributed by atoms with van der Waals surface area (Å²) in [5.74, 6) is 11.8. The Kier molecular flexibility index (Phi) is 6.91. The van der Waals surface area contributed by atoms with Crippen LogP contribution in [0.3, 0.4) is 0 Å². The molecule has 0 saturated carbocycles. The highest BCUT2D eigenvalue weighted by Crippen LogP contribution is 2.20. The minimum atomic E-state index is -0.00279. The van der Waals surface area contributed by atoms with Crippen molar-refractivity contribution in [1.82, 2.24) is 0 Å². The third-order valence-electron chi connectivity index (χ3n) is 4.53. The minimum Gasteiger partial charge on any atom is -0.378 e. The van der Waals surface area contributed by atoms with Gasteiger partial charge in [0.05, 0.1) is 24.7 Å². The minimum absolute atomic E-state index is 0.00279. The molecule has 7 nitrogen and oxygen atoms in total. The molecule has 0 amide bonds. The molecular formula is C20H25N5O2S. The van der Waals surface area contributed by atoms with Gasteiger partial charge in [0.2, 0.25) is 5.17 Å². The van der Waals surface area contributed by atoms with Crippen molar-refractivity contribution in [2.24, 2.45) is 16.8 Å². The third-order valence-corrected chi connectivity index (χ3v) is 5.49. The number of hydrazone groups is 1. The fraction of sp³-hybridized carbons (Fsp3) is 0.300. The summed E-state index contributed by atoms with van der Waals surface area (Å²) < 4.78 is 5.37. The molecule has 1 heterocycles. The first-order chi connectivity index (χ1) is 13.6. The van der Waals surface area contributed by atoms with E-state index in [1.807, 2.05) is 55.5 Å². The Balaban J connectivity index is 1.58. The van der Waals surface area contributed by atoms with Gasteiger partial charge < -0.3 is 15.5 Å². The molecule has 2 aromatic carbocycles. The number of nitrogens with zero attached hydrogens (tertiary/aromatic N) is 3. The summed E-state index contributed by atoms with van der Waals surface area (Å²) in [5.41, 5.74) is 3.64. The Hall–Kier alpha value is -2.55. The molecule has 2 aromatic rings. The first-order valence-corrected chi connectivity index (χ1v) is 10.0. The number of hydrazine groups is 1. The molecule has 0 atom stereocenters. The number of hydrogen-bond acceptors (Lipinski definition) is 7. The van der Waals surface area contributed by atoms with E-state index in [1.165, 1.54) is 16.8 Å². The Labute approximate surface area is 169 Å². The first kappa shape index (κ1) is 20.2. The van der Waals surface area contributed by atoms with E-state index in [4.69, 9.17) is 16.4 Å². The van der Waals surface area contributed by atoms with E-state index >= 15 is 0 Å². The summed E-state index contributed by atoms with van der Waals surface area (Å²) in [6.07, 6.45) is 0. The van der Waals surface area contributed by atoms with E-state index in [-0.39, 0.29) is 11.5 Å². The van der Waals surface area contributed by atoms with Gasteiger partial charge in [-0.3, -0.25) is 9.80 Å². The Morgan fingerprint density at radius 3 is 2.39 bits per heavy atom. The fourth-order valence-electron chi connectivity index (χ4n) is 2.88. The van der Waals surface area contributed by atoms with E-state index in [0.29, 0.717) is 10.7 Å². The van der Waals surface area contributed by atoms with Crippen LogP contribution in [0.25, 0.3) is 0 Å². The maximum absolute atomic E-state index is 12.5. The highest BCUT2D eigenvalue weighted by atomic mass is 32.2. The van der Waals surface area contributed by atoms with Crippen molar-refractivity contribution in [1.29, 1.82) is 0 Å². The molecule has 0 bridgehead atoms. The van der Waals surface area contributed by atoms with Crippen molar-refractivity contribution < 1.29 is 9.53 Å². The molecule has 0 spiro atoms. The average Bonchev–Trinajstić information content (AvgIpc) is 2.75. The largest absolute Gasteiger partial charge is 0.378 e. The second kappa shape index (κ2) is 9.59. The van der Waals surface area contributed by atoms with Gasteiger partial charge in [-0.05, 0) is 43.3 Å². The van der Waals surface area contributed by atoms with Crippen LogP contribution in [0.1, 0.15) is 15.9 Å². The molecule has 28 heavy (non-hydrogen) atoms. The van der Waals surface area contributed by atoms with E-state index < -0.39 is 0 Å². The van der Waals surface area contributed by atoms with Crippen molar-refractivity contribution in [2.45, 2.75) is 6.92 Å². The number of ether oxygens (including phenoxy) is 1. The predicted octanol–water partition coefficient (Wildman–Crippen LogP) is 2.36. The average molecular weight is 400 g/mol. The van der Waals surface area contributed by atoms with Gasteiger partial charge in [0.15, 0.2) is 5.78 Å². The van der Waals surface area contributed by atoms with Gasteiger partial charge in [0.25, 0.3) is 0 Å². The quantitative estimate of drug-likeness (QED) is 0.262. The summed E-state index contributed by atoms with van der Waals surface area (Å²) in [6.45, 7) is 5.19. The molecule has 148 valence electrons. The number of Topliss-reactive ketones (excluding diaryl/α,β-unsaturated/α-hetero) is 1. The Bertz CT molecular complexity index is 817. The molecule has 1 fully saturated rings. The highest BCUT2D eigenvalue weighted by molar-refractivity contribution is 8.14. The fourth-order valence-corrected chi connectivity index (χ4v) is 3.62. The SMILES string of the molecule is Cc1ccc(N(N)/C(=N\N)SCC(=O)c2ccc(N3CCOCC3)cc2)cc1. The van der Waals surface area contributed by atoms with Gasteiger partial charge in [-0.25, -0.2) is 5.84 Å². The topological polar surface area (TPSA) is 97.2 Å². The zero-order valence-electron chi connectivity index (χ0n) is 15.9. The van der Waals surface area contributed by atoms with E-state index in [1.54, 1.807) is 0 Å². The van der Waals surface area contributed by atoms with Crippen molar-refractivity contribution >= 4 is 34.1 Å². The summed E-state index contributed by atoms with van der Waals surface area (Å²) in [4.78, 5) is 14.8. The summed E-state index contributed by atoms with van der Waals surface area (Å²) in [6, 6.07) is 15.3. The van der Waals surface area contributed by atoms with Crippen LogP contribution in [0.15, 0.2) is 53.6 Å². The first-order valence-electron chi connectivity index (χ1n) is 9.06. The van der Waals surface area contributed by atoms with Crippen LogP contribution in [-0.4, -0.2) is 43.0 Å². The number of benzene rings is 2. The number of hydrogen-bond donors (Lipinski definition) is 2. The molecule has 3 rings (SSSR count). The maximum Gasteiger partial charge on any atom is 0.201 e. The Morgan fingerprint density at radius 2 is 1.79 bits per heavy atom. The zero-order chi connectivity index (χ0) is 19.9. The lowest BCUT2D eigenvalue weighted by molar-refractivity contribution is 0.102.